The zero-order chi connectivity index (χ0) is 19.9. The maximum atomic E-state index is 12.2. The molecule has 10 heteroatoms. The maximum absolute atomic E-state index is 12.2. The Morgan fingerprint density at radius 2 is 1.89 bits per heavy atom. The minimum Gasteiger partial charge on any atom is -0.497 e. The number of para-hydroxylation sites is 1. The minimum absolute atomic E-state index is 0.184. The van der Waals surface area contributed by atoms with Crippen molar-refractivity contribution in [2.24, 2.45) is 0 Å². The third kappa shape index (κ3) is 5.37. The monoisotopic (exact) mass is 437 g/mol. The summed E-state index contributed by atoms with van der Waals surface area (Å²) < 4.78 is 6.85. The molecular weight excluding hydrogens is 421 g/mol. The van der Waals surface area contributed by atoms with E-state index >= 15 is 0 Å². The topological polar surface area (TPSA) is 81.9 Å². The molecule has 0 atom stereocenters. The van der Waals surface area contributed by atoms with Gasteiger partial charge in [-0.25, -0.2) is 4.68 Å². The van der Waals surface area contributed by atoms with Crippen LogP contribution >= 0.6 is 35.0 Å². The number of carbonyl (C=O) groups excluding carboxylic acids is 1. The fourth-order valence-corrected chi connectivity index (χ4v) is 3.66. The molecule has 0 radical (unpaired) electrons. The van der Waals surface area contributed by atoms with Crippen molar-refractivity contribution in [1.29, 1.82) is 0 Å². The number of carbonyl (C=O) groups is 1. The Morgan fingerprint density at radius 3 is 2.57 bits per heavy atom. The van der Waals surface area contributed by atoms with Gasteiger partial charge >= 0.3 is 0 Å². The fraction of sp³-hybridized carbons (Fsp3) is 0.222. The van der Waals surface area contributed by atoms with Crippen molar-refractivity contribution in [1.82, 2.24) is 20.2 Å². The lowest BCUT2D eigenvalue weighted by Gasteiger charge is -2.09. The molecule has 1 heterocycles. The SMILES string of the molecule is COc1ccc(Cn2nnnc2SCCC(=O)Nc2c(Cl)cccc2Cl)cc1. The summed E-state index contributed by atoms with van der Waals surface area (Å²) in [7, 11) is 1.63. The first-order chi connectivity index (χ1) is 13.6. The van der Waals surface area contributed by atoms with Crippen molar-refractivity contribution in [3.63, 3.8) is 0 Å². The first kappa shape index (κ1) is 20.4. The Morgan fingerprint density at radius 1 is 1.18 bits per heavy atom. The standard InChI is InChI=1S/C18H17Cl2N5O2S/c1-27-13-7-5-12(6-8-13)11-25-18(22-23-24-25)28-10-9-16(26)21-17-14(19)3-2-4-15(17)20/h2-8H,9-11H2,1H3,(H,21,26). The predicted octanol–water partition coefficient (Wildman–Crippen LogP) is 4.16. The number of rotatable bonds is 8. The number of hydrogen-bond acceptors (Lipinski definition) is 6. The summed E-state index contributed by atoms with van der Waals surface area (Å²) in [5, 5.41) is 15.9. The number of aromatic nitrogens is 4. The van der Waals surface area contributed by atoms with Crippen LogP contribution in [-0.4, -0.2) is 39.0 Å². The summed E-state index contributed by atoms with van der Waals surface area (Å²) in [5.41, 5.74) is 1.46. The summed E-state index contributed by atoms with van der Waals surface area (Å²) in [6.07, 6.45) is 0.265. The Hall–Kier alpha value is -2.29. The van der Waals surface area contributed by atoms with Crippen LogP contribution in [0.1, 0.15) is 12.0 Å². The number of tetrazole rings is 1. The van der Waals surface area contributed by atoms with Crippen molar-refractivity contribution < 1.29 is 9.53 Å². The first-order valence-corrected chi connectivity index (χ1v) is 10.1. The van der Waals surface area contributed by atoms with Crippen LogP contribution in [0.15, 0.2) is 47.6 Å². The van der Waals surface area contributed by atoms with Gasteiger partial charge in [0.2, 0.25) is 11.1 Å². The van der Waals surface area contributed by atoms with Crippen molar-refractivity contribution in [3.8, 4) is 5.75 Å². The zero-order valence-electron chi connectivity index (χ0n) is 14.9. The summed E-state index contributed by atoms with van der Waals surface area (Å²) in [5.74, 6) is 1.12. The third-order valence-corrected chi connectivity index (χ3v) is 5.37. The minimum atomic E-state index is -0.184. The van der Waals surface area contributed by atoms with E-state index in [9.17, 15) is 4.79 Å². The molecule has 146 valence electrons. The van der Waals surface area contributed by atoms with Crippen LogP contribution in [0.4, 0.5) is 5.69 Å². The van der Waals surface area contributed by atoms with Gasteiger partial charge in [0.25, 0.3) is 0 Å². The van der Waals surface area contributed by atoms with Crippen LogP contribution in [0.2, 0.25) is 10.0 Å². The van der Waals surface area contributed by atoms with Crippen LogP contribution in [-0.2, 0) is 11.3 Å². The van der Waals surface area contributed by atoms with E-state index in [2.05, 4.69) is 20.8 Å². The third-order valence-electron chi connectivity index (χ3n) is 3.78. The number of nitrogens with one attached hydrogen (secondary N) is 1. The van der Waals surface area contributed by atoms with E-state index in [-0.39, 0.29) is 12.3 Å². The lowest BCUT2D eigenvalue weighted by atomic mass is 10.2. The Bertz CT molecular complexity index is 929. The number of nitrogens with zero attached hydrogens (tertiary/aromatic N) is 4. The smallest absolute Gasteiger partial charge is 0.225 e. The highest BCUT2D eigenvalue weighted by molar-refractivity contribution is 7.99. The van der Waals surface area contributed by atoms with Gasteiger partial charge in [-0.15, -0.1) is 5.10 Å². The van der Waals surface area contributed by atoms with Crippen LogP contribution < -0.4 is 10.1 Å². The van der Waals surface area contributed by atoms with Gasteiger partial charge < -0.3 is 10.1 Å². The van der Waals surface area contributed by atoms with E-state index in [4.69, 9.17) is 27.9 Å². The van der Waals surface area contributed by atoms with E-state index in [1.807, 2.05) is 24.3 Å². The number of benzene rings is 2. The van der Waals surface area contributed by atoms with Gasteiger partial charge in [-0.1, -0.05) is 53.2 Å². The Kier molecular flexibility index (Phi) is 7.13. The molecule has 7 nitrogen and oxygen atoms in total. The molecular formula is C18H17Cl2N5O2S. The zero-order valence-corrected chi connectivity index (χ0v) is 17.3. The lowest BCUT2D eigenvalue weighted by Crippen LogP contribution is -2.13. The second-order valence-corrected chi connectivity index (χ2v) is 7.59. The highest BCUT2D eigenvalue weighted by Gasteiger charge is 2.12. The van der Waals surface area contributed by atoms with E-state index in [1.165, 1.54) is 11.8 Å². The van der Waals surface area contributed by atoms with Crippen molar-refractivity contribution in [2.45, 2.75) is 18.1 Å². The molecule has 1 amide bonds. The van der Waals surface area contributed by atoms with Crippen LogP contribution in [0.5, 0.6) is 5.75 Å². The van der Waals surface area contributed by atoms with Crippen LogP contribution in [0.25, 0.3) is 0 Å². The number of hydrogen-bond donors (Lipinski definition) is 1. The number of ether oxygens (including phenoxy) is 1. The lowest BCUT2D eigenvalue weighted by molar-refractivity contribution is -0.115. The molecule has 3 aromatic rings. The normalized spacial score (nSPS) is 10.7. The van der Waals surface area contributed by atoms with E-state index in [1.54, 1.807) is 30.0 Å². The number of thioether (sulfide) groups is 1. The van der Waals surface area contributed by atoms with Crippen molar-refractivity contribution >= 4 is 46.6 Å². The molecule has 0 unspecified atom stereocenters. The number of anilines is 1. The molecule has 0 aliphatic carbocycles. The Labute approximate surface area is 176 Å². The highest BCUT2D eigenvalue weighted by Crippen LogP contribution is 2.30. The van der Waals surface area contributed by atoms with Gasteiger partial charge in [0.15, 0.2) is 0 Å². The average Bonchev–Trinajstić information content (AvgIpc) is 3.12. The summed E-state index contributed by atoms with van der Waals surface area (Å²) in [6, 6.07) is 12.7. The average molecular weight is 438 g/mol. The summed E-state index contributed by atoms with van der Waals surface area (Å²) in [6.45, 7) is 0.529. The molecule has 0 spiro atoms. The van der Waals surface area contributed by atoms with E-state index < -0.39 is 0 Å². The van der Waals surface area contributed by atoms with Gasteiger partial charge in [0, 0.05) is 12.2 Å². The molecule has 0 aliphatic rings. The molecule has 0 bridgehead atoms. The summed E-state index contributed by atoms with van der Waals surface area (Å²) >= 11 is 13.5. The second kappa shape index (κ2) is 9.77. The Balaban J connectivity index is 1.52. The van der Waals surface area contributed by atoms with Gasteiger partial charge in [-0.2, -0.15) is 0 Å². The van der Waals surface area contributed by atoms with Gasteiger partial charge in [0.1, 0.15) is 5.75 Å². The number of methoxy groups -OCH3 is 1. The molecule has 0 saturated heterocycles. The van der Waals surface area contributed by atoms with Crippen LogP contribution in [0, 0.1) is 0 Å². The fourth-order valence-electron chi connectivity index (χ4n) is 2.36. The maximum Gasteiger partial charge on any atom is 0.225 e. The second-order valence-electron chi connectivity index (χ2n) is 5.71. The summed E-state index contributed by atoms with van der Waals surface area (Å²) in [4.78, 5) is 12.2. The number of halogens is 2. The van der Waals surface area contributed by atoms with Crippen molar-refractivity contribution in [2.75, 3.05) is 18.2 Å². The quantitative estimate of drug-likeness (QED) is 0.532. The predicted molar refractivity (Wildman–Crippen MR) is 110 cm³/mol. The van der Waals surface area contributed by atoms with Gasteiger partial charge in [0.05, 0.1) is 29.4 Å². The molecule has 0 aliphatic heterocycles. The molecule has 2 aromatic carbocycles. The molecule has 0 fully saturated rings. The van der Waals surface area contributed by atoms with Crippen molar-refractivity contribution in [3.05, 3.63) is 58.1 Å². The van der Waals surface area contributed by atoms with Crippen LogP contribution in [0.3, 0.4) is 0 Å². The van der Waals surface area contributed by atoms with Gasteiger partial charge in [-0.3, -0.25) is 4.79 Å². The largest absolute Gasteiger partial charge is 0.497 e. The van der Waals surface area contributed by atoms with Gasteiger partial charge in [-0.05, 0) is 40.3 Å². The highest BCUT2D eigenvalue weighted by atomic mass is 35.5. The number of amides is 1. The van der Waals surface area contributed by atoms with E-state index in [0.717, 1.165) is 11.3 Å². The molecule has 3 rings (SSSR count). The molecule has 1 N–H and O–H groups in total. The molecule has 28 heavy (non-hydrogen) atoms. The van der Waals surface area contributed by atoms with E-state index in [0.29, 0.717) is 33.2 Å². The first-order valence-electron chi connectivity index (χ1n) is 8.32. The molecule has 1 aromatic heterocycles. The molecule has 0 saturated carbocycles.